The highest BCUT2D eigenvalue weighted by Crippen LogP contribution is 2.42. The van der Waals surface area contributed by atoms with Crippen molar-refractivity contribution in [3.8, 4) is 5.75 Å². The van der Waals surface area contributed by atoms with Crippen LogP contribution in [-0.2, 0) is 5.60 Å². The molecule has 1 aromatic carbocycles. The van der Waals surface area contributed by atoms with Gasteiger partial charge in [0.15, 0.2) is 5.82 Å². The fraction of sp³-hybridized carbons (Fsp3) is 0.480. The van der Waals surface area contributed by atoms with E-state index in [1.165, 1.54) is 19.2 Å². The fourth-order valence-corrected chi connectivity index (χ4v) is 4.96. The summed E-state index contributed by atoms with van der Waals surface area (Å²) in [6.07, 6.45) is 4.66. The second-order valence-electron chi connectivity index (χ2n) is 9.65. The normalized spacial score (nSPS) is 19.9. The van der Waals surface area contributed by atoms with Gasteiger partial charge in [-0.3, -0.25) is 9.20 Å². The number of nitrogens with two attached hydrogens (primary N) is 1. The Kier molecular flexibility index (Phi) is 7.14. The minimum absolute atomic E-state index is 0.0548. The van der Waals surface area contributed by atoms with Crippen LogP contribution in [0.3, 0.4) is 0 Å². The maximum Gasteiger partial charge on any atom is 0.258 e. The molecule has 4 rings (SSSR count). The Morgan fingerprint density at radius 2 is 2.08 bits per heavy atom. The van der Waals surface area contributed by atoms with Gasteiger partial charge in [-0.1, -0.05) is 24.4 Å². The number of nitrogens with one attached hydrogen (secondary N) is 1. The van der Waals surface area contributed by atoms with Crippen molar-refractivity contribution < 1.29 is 24.1 Å². The van der Waals surface area contributed by atoms with Crippen LogP contribution in [0.5, 0.6) is 5.75 Å². The van der Waals surface area contributed by atoms with E-state index >= 15 is 4.39 Å². The van der Waals surface area contributed by atoms with Crippen LogP contribution in [0.2, 0.25) is 5.02 Å². The number of nitrogen functional groups attached to an aromatic ring is 1. The van der Waals surface area contributed by atoms with Crippen molar-refractivity contribution in [3.63, 3.8) is 0 Å². The van der Waals surface area contributed by atoms with Crippen LogP contribution in [-0.4, -0.2) is 48.7 Å². The molecule has 9 nitrogen and oxygen atoms in total. The smallest absolute Gasteiger partial charge is 0.258 e. The van der Waals surface area contributed by atoms with E-state index in [2.05, 4.69) is 15.3 Å². The van der Waals surface area contributed by atoms with Gasteiger partial charge in [0.2, 0.25) is 0 Å². The predicted molar refractivity (Wildman–Crippen MR) is 134 cm³/mol. The zero-order valence-corrected chi connectivity index (χ0v) is 21.4. The van der Waals surface area contributed by atoms with Crippen molar-refractivity contribution in [2.45, 2.75) is 77.2 Å². The van der Waals surface area contributed by atoms with E-state index in [9.17, 15) is 15.0 Å². The van der Waals surface area contributed by atoms with Crippen LogP contribution in [0, 0.1) is 12.7 Å². The maximum absolute atomic E-state index is 15.4. The van der Waals surface area contributed by atoms with Gasteiger partial charge in [0, 0.05) is 18.0 Å². The van der Waals surface area contributed by atoms with Gasteiger partial charge in [-0.15, -0.1) is 0 Å². The van der Waals surface area contributed by atoms with Crippen molar-refractivity contribution in [1.29, 1.82) is 0 Å². The van der Waals surface area contributed by atoms with E-state index in [0.717, 1.165) is 12.8 Å². The lowest BCUT2D eigenvalue weighted by molar-refractivity contribution is 0.0703. The molecule has 0 bridgehead atoms. The van der Waals surface area contributed by atoms with Gasteiger partial charge in [0.05, 0.1) is 29.0 Å². The van der Waals surface area contributed by atoms with E-state index in [1.807, 2.05) is 0 Å². The van der Waals surface area contributed by atoms with Crippen molar-refractivity contribution in [2.24, 2.45) is 0 Å². The van der Waals surface area contributed by atoms with Gasteiger partial charge in [-0.05, 0) is 46.6 Å². The first-order valence-corrected chi connectivity index (χ1v) is 12.3. The maximum atomic E-state index is 15.4. The average molecular weight is 520 g/mol. The van der Waals surface area contributed by atoms with Crippen LogP contribution in [0.4, 0.5) is 10.2 Å². The number of aromatic nitrogens is 3. The first kappa shape index (κ1) is 26.1. The van der Waals surface area contributed by atoms with E-state index in [4.69, 9.17) is 22.1 Å². The van der Waals surface area contributed by atoms with Gasteiger partial charge in [0.25, 0.3) is 5.91 Å². The Labute approximate surface area is 213 Å². The lowest BCUT2D eigenvalue weighted by atomic mass is 9.90. The number of fused-ring (bicyclic) bond motifs is 1. The summed E-state index contributed by atoms with van der Waals surface area (Å²) in [6.45, 7) is 6.63. The van der Waals surface area contributed by atoms with Crippen molar-refractivity contribution in [1.82, 2.24) is 19.7 Å². The molecule has 5 N–H and O–H groups in total. The zero-order chi connectivity index (χ0) is 26.4. The summed E-state index contributed by atoms with van der Waals surface area (Å²) in [5.41, 5.74) is 4.80. The molecule has 1 amide bonds. The highest BCUT2D eigenvalue weighted by molar-refractivity contribution is 6.31. The van der Waals surface area contributed by atoms with E-state index in [0.29, 0.717) is 24.1 Å². The lowest BCUT2D eigenvalue weighted by Crippen LogP contribution is -2.45. The standard InChI is InChI=1S/C25H31ClFN5O4/c1-12(2)36-21-14(25(4,35)24-30-13(3)20-22(28)29-9-10-32(20)24)11-15(26)19(27)18(21)23(34)31-16-7-5-6-8-17(16)33/h9-12,16-17,33,35H,5-8H2,1-4H3,(H2,28,29)(H,31,34)/t16-,17-,25+/m1/s1. The van der Waals surface area contributed by atoms with Crippen LogP contribution in [0.1, 0.15) is 73.9 Å². The Hall–Kier alpha value is -2.95. The minimum atomic E-state index is -1.88. The Bertz CT molecular complexity index is 1310. The number of nitrogens with zero attached hydrogens (tertiary/aromatic N) is 3. The number of amides is 1. The van der Waals surface area contributed by atoms with E-state index < -0.39 is 41.1 Å². The van der Waals surface area contributed by atoms with Crippen molar-refractivity contribution in [2.75, 3.05) is 5.73 Å². The topological polar surface area (TPSA) is 135 Å². The average Bonchev–Trinajstić information content (AvgIpc) is 3.16. The molecular weight excluding hydrogens is 489 g/mol. The zero-order valence-electron chi connectivity index (χ0n) is 20.7. The number of carbonyl (C=O) groups excluding carboxylic acids is 1. The number of rotatable bonds is 6. The molecule has 0 radical (unpaired) electrons. The molecule has 11 heteroatoms. The van der Waals surface area contributed by atoms with Crippen molar-refractivity contribution in [3.05, 3.63) is 51.9 Å². The van der Waals surface area contributed by atoms with E-state index in [-0.39, 0.29) is 28.0 Å². The summed E-state index contributed by atoms with van der Waals surface area (Å²) < 4.78 is 23.0. The molecule has 0 unspecified atom stereocenters. The third-order valence-corrected chi connectivity index (χ3v) is 6.79. The summed E-state index contributed by atoms with van der Waals surface area (Å²) in [5.74, 6) is -1.53. The first-order chi connectivity index (χ1) is 16.9. The molecule has 3 atom stereocenters. The van der Waals surface area contributed by atoms with Gasteiger partial charge in [0.1, 0.15) is 34.1 Å². The number of aliphatic hydroxyl groups is 2. The summed E-state index contributed by atoms with van der Waals surface area (Å²) in [6, 6.07) is 0.705. The number of aliphatic hydroxyl groups excluding tert-OH is 1. The molecule has 0 aliphatic heterocycles. The molecule has 1 aliphatic carbocycles. The van der Waals surface area contributed by atoms with Crippen LogP contribution >= 0.6 is 11.6 Å². The third-order valence-electron chi connectivity index (χ3n) is 6.52. The Morgan fingerprint density at radius 3 is 2.75 bits per heavy atom. The second kappa shape index (κ2) is 9.84. The molecule has 2 aromatic heterocycles. The Morgan fingerprint density at radius 1 is 1.39 bits per heavy atom. The van der Waals surface area contributed by atoms with Crippen LogP contribution in [0.15, 0.2) is 18.5 Å². The summed E-state index contributed by atoms with van der Waals surface area (Å²) >= 11 is 6.26. The molecule has 0 spiro atoms. The summed E-state index contributed by atoms with van der Waals surface area (Å²) in [5, 5.41) is 24.6. The predicted octanol–water partition coefficient (Wildman–Crippen LogP) is 3.49. The molecule has 194 valence electrons. The second-order valence-corrected chi connectivity index (χ2v) is 10.1. The quantitative estimate of drug-likeness (QED) is 0.391. The number of hydrogen-bond acceptors (Lipinski definition) is 7. The largest absolute Gasteiger partial charge is 0.490 e. The van der Waals surface area contributed by atoms with Crippen LogP contribution in [0.25, 0.3) is 5.52 Å². The molecule has 2 heterocycles. The van der Waals surface area contributed by atoms with Gasteiger partial charge >= 0.3 is 0 Å². The number of hydrogen-bond donors (Lipinski definition) is 4. The number of imidazole rings is 1. The first-order valence-electron chi connectivity index (χ1n) is 11.9. The molecule has 36 heavy (non-hydrogen) atoms. The number of halogens is 2. The van der Waals surface area contributed by atoms with Gasteiger partial charge < -0.3 is 26.0 Å². The molecular formula is C25H31ClFN5O4. The van der Waals surface area contributed by atoms with E-state index in [1.54, 1.807) is 31.4 Å². The molecule has 3 aromatic rings. The highest BCUT2D eigenvalue weighted by atomic mass is 35.5. The number of ether oxygens (including phenoxy) is 1. The third kappa shape index (κ3) is 4.60. The number of aryl methyl sites for hydroxylation is 1. The number of anilines is 1. The van der Waals surface area contributed by atoms with Gasteiger partial charge in [-0.2, -0.15) is 0 Å². The Balaban J connectivity index is 1.90. The van der Waals surface area contributed by atoms with Gasteiger partial charge in [-0.25, -0.2) is 14.4 Å². The van der Waals surface area contributed by atoms with Crippen molar-refractivity contribution >= 4 is 28.8 Å². The fourth-order valence-electron chi connectivity index (χ4n) is 4.76. The highest BCUT2D eigenvalue weighted by Gasteiger charge is 2.39. The molecule has 1 aliphatic rings. The molecule has 1 saturated carbocycles. The number of benzene rings is 1. The SMILES string of the molecule is Cc1nc([C@@](C)(O)c2cc(Cl)c(F)c(C(=O)N[C@@H]3CCCC[C@H]3O)c2OC(C)C)n2ccnc(N)c12. The summed E-state index contributed by atoms with van der Waals surface area (Å²) in [7, 11) is 0. The van der Waals surface area contributed by atoms with Crippen LogP contribution < -0.4 is 15.8 Å². The monoisotopic (exact) mass is 519 g/mol. The minimum Gasteiger partial charge on any atom is -0.490 e. The molecule has 0 saturated heterocycles. The lowest BCUT2D eigenvalue weighted by Gasteiger charge is -2.30. The molecule has 1 fully saturated rings. The number of carbonyl (C=O) groups is 1. The summed E-state index contributed by atoms with van der Waals surface area (Å²) in [4.78, 5) is 22.0.